The molecule has 2 aromatic rings. The van der Waals surface area contributed by atoms with Crippen LogP contribution in [-0.4, -0.2) is 23.9 Å². The van der Waals surface area contributed by atoms with Crippen molar-refractivity contribution >= 4 is 0 Å². The summed E-state index contributed by atoms with van der Waals surface area (Å²) >= 11 is 0. The van der Waals surface area contributed by atoms with Gasteiger partial charge in [-0.3, -0.25) is 5.10 Å². The average molecular weight is 273 g/mol. The lowest BCUT2D eigenvalue weighted by molar-refractivity contribution is 0.414. The van der Waals surface area contributed by atoms with E-state index in [1.54, 1.807) is 7.11 Å². The molecular weight excluding hydrogens is 250 g/mol. The minimum absolute atomic E-state index is 0.0300. The van der Waals surface area contributed by atoms with Crippen LogP contribution in [0.5, 0.6) is 5.75 Å². The molecule has 0 saturated carbocycles. The Kier molecular flexibility index (Phi) is 4.14. The molecule has 0 saturated heterocycles. The summed E-state index contributed by atoms with van der Waals surface area (Å²) in [5, 5.41) is 7.54. The van der Waals surface area contributed by atoms with Crippen molar-refractivity contribution in [1.29, 1.82) is 0 Å². The normalized spacial score (nSPS) is 13.2. The molecule has 1 unspecified atom stereocenters. The van der Waals surface area contributed by atoms with Gasteiger partial charge in [-0.1, -0.05) is 32.9 Å². The highest BCUT2D eigenvalue weighted by Gasteiger charge is 2.21. The molecule has 0 aliphatic heterocycles. The van der Waals surface area contributed by atoms with Gasteiger partial charge in [-0.05, 0) is 23.8 Å². The van der Waals surface area contributed by atoms with E-state index in [1.807, 2.05) is 18.2 Å². The quantitative estimate of drug-likeness (QED) is 0.900. The largest absolute Gasteiger partial charge is 0.497 e. The lowest BCUT2D eigenvalue weighted by Gasteiger charge is -2.15. The minimum Gasteiger partial charge on any atom is -0.497 e. The highest BCUT2D eigenvalue weighted by molar-refractivity contribution is 5.36. The van der Waals surface area contributed by atoms with Crippen LogP contribution in [0, 0.1) is 0 Å². The van der Waals surface area contributed by atoms with Crippen LogP contribution in [0.1, 0.15) is 43.6 Å². The van der Waals surface area contributed by atoms with Gasteiger partial charge in [0.1, 0.15) is 5.75 Å². The Labute approximate surface area is 120 Å². The lowest BCUT2D eigenvalue weighted by Crippen LogP contribution is -2.14. The van der Waals surface area contributed by atoms with E-state index in [-0.39, 0.29) is 11.3 Å². The summed E-state index contributed by atoms with van der Waals surface area (Å²) in [6.07, 6.45) is 0. The van der Waals surface area contributed by atoms with Gasteiger partial charge in [-0.2, -0.15) is 5.10 Å². The molecule has 0 fully saturated rings. The van der Waals surface area contributed by atoms with Gasteiger partial charge in [0.2, 0.25) is 0 Å². The first kappa shape index (κ1) is 14.6. The Balaban J connectivity index is 2.34. The smallest absolute Gasteiger partial charge is 0.119 e. The molecule has 0 aliphatic rings. The van der Waals surface area contributed by atoms with E-state index in [0.29, 0.717) is 6.54 Å². The Bertz CT molecular complexity index is 569. The number of H-pyrrole nitrogens is 1. The van der Waals surface area contributed by atoms with Crippen molar-refractivity contribution in [2.75, 3.05) is 13.7 Å². The molecule has 3 N–H and O–H groups in total. The van der Waals surface area contributed by atoms with Crippen LogP contribution >= 0.6 is 0 Å². The molecule has 1 aromatic carbocycles. The summed E-state index contributed by atoms with van der Waals surface area (Å²) in [6.45, 7) is 6.97. The molecule has 0 spiro atoms. The molecule has 0 amide bonds. The second-order valence-corrected chi connectivity index (χ2v) is 6.02. The topological polar surface area (TPSA) is 63.9 Å². The van der Waals surface area contributed by atoms with Gasteiger partial charge in [0.25, 0.3) is 0 Å². The maximum absolute atomic E-state index is 5.96. The summed E-state index contributed by atoms with van der Waals surface area (Å²) in [5.41, 5.74) is 9.22. The van der Waals surface area contributed by atoms with Crippen molar-refractivity contribution in [1.82, 2.24) is 10.2 Å². The SMILES string of the molecule is COc1cccc(C(CN)c2cc(C(C)(C)C)n[nH]2)c1. The second-order valence-electron chi connectivity index (χ2n) is 6.02. The minimum atomic E-state index is 0.0300. The third kappa shape index (κ3) is 3.02. The van der Waals surface area contributed by atoms with Crippen LogP contribution in [0.2, 0.25) is 0 Å². The molecule has 1 aromatic heterocycles. The summed E-state index contributed by atoms with van der Waals surface area (Å²) in [4.78, 5) is 0. The summed E-state index contributed by atoms with van der Waals surface area (Å²) in [7, 11) is 1.67. The van der Waals surface area contributed by atoms with Gasteiger partial charge in [-0.15, -0.1) is 0 Å². The fourth-order valence-corrected chi connectivity index (χ4v) is 2.20. The molecule has 0 bridgehead atoms. The monoisotopic (exact) mass is 273 g/mol. The number of rotatable bonds is 4. The third-order valence-corrected chi connectivity index (χ3v) is 3.47. The van der Waals surface area contributed by atoms with Crippen LogP contribution in [0.15, 0.2) is 30.3 Å². The van der Waals surface area contributed by atoms with Crippen LogP contribution in [-0.2, 0) is 5.41 Å². The van der Waals surface area contributed by atoms with Crippen molar-refractivity contribution in [3.8, 4) is 5.75 Å². The number of hydrogen-bond acceptors (Lipinski definition) is 3. The number of benzene rings is 1. The Hall–Kier alpha value is -1.81. The highest BCUT2D eigenvalue weighted by atomic mass is 16.5. The molecule has 1 atom stereocenters. The first-order valence-electron chi connectivity index (χ1n) is 6.85. The molecule has 2 rings (SSSR count). The van der Waals surface area contributed by atoms with E-state index < -0.39 is 0 Å². The molecule has 0 aliphatic carbocycles. The molecule has 4 nitrogen and oxygen atoms in total. The number of aromatic amines is 1. The fourth-order valence-electron chi connectivity index (χ4n) is 2.20. The number of ether oxygens (including phenoxy) is 1. The Morgan fingerprint density at radius 1 is 1.30 bits per heavy atom. The van der Waals surface area contributed by atoms with Crippen molar-refractivity contribution in [2.45, 2.75) is 32.1 Å². The van der Waals surface area contributed by atoms with Crippen LogP contribution in [0.3, 0.4) is 0 Å². The van der Waals surface area contributed by atoms with Gasteiger partial charge < -0.3 is 10.5 Å². The number of hydrogen-bond donors (Lipinski definition) is 2. The zero-order chi connectivity index (χ0) is 14.8. The van der Waals surface area contributed by atoms with E-state index in [2.05, 4.69) is 43.1 Å². The van der Waals surface area contributed by atoms with Crippen LogP contribution in [0.25, 0.3) is 0 Å². The molecule has 1 heterocycles. The van der Waals surface area contributed by atoms with Crippen molar-refractivity contribution in [2.24, 2.45) is 5.73 Å². The predicted molar refractivity (Wildman–Crippen MR) is 81.2 cm³/mol. The van der Waals surface area contributed by atoms with E-state index >= 15 is 0 Å². The number of nitrogens with two attached hydrogens (primary N) is 1. The van der Waals surface area contributed by atoms with E-state index in [1.165, 1.54) is 0 Å². The van der Waals surface area contributed by atoms with Gasteiger partial charge in [0.15, 0.2) is 0 Å². The first-order chi connectivity index (χ1) is 9.45. The molecule has 108 valence electrons. The maximum atomic E-state index is 5.96. The number of methoxy groups -OCH3 is 1. The highest BCUT2D eigenvalue weighted by Crippen LogP contribution is 2.28. The zero-order valence-electron chi connectivity index (χ0n) is 12.6. The predicted octanol–water partition coefficient (Wildman–Crippen LogP) is 2.81. The van der Waals surface area contributed by atoms with Crippen molar-refractivity contribution in [3.63, 3.8) is 0 Å². The van der Waals surface area contributed by atoms with Gasteiger partial charge in [-0.25, -0.2) is 0 Å². The summed E-state index contributed by atoms with van der Waals surface area (Å²) in [6, 6.07) is 10.1. The summed E-state index contributed by atoms with van der Waals surface area (Å²) in [5.74, 6) is 0.949. The van der Waals surface area contributed by atoms with Crippen LogP contribution < -0.4 is 10.5 Å². The molecular formula is C16H23N3O. The molecule has 0 radical (unpaired) electrons. The summed E-state index contributed by atoms with van der Waals surface area (Å²) < 4.78 is 5.28. The standard InChI is InChI=1S/C16H23N3O/c1-16(2,3)15-9-14(18-19-15)13(10-17)11-6-5-7-12(8-11)20-4/h5-9,13H,10,17H2,1-4H3,(H,18,19). The zero-order valence-corrected chi connectivity index (χ0v) is 12.6. The van der Waals surface area contributed by atoms with Crippen molar-refractivity contribution in [3.05, 3.63) is 47.3 Å². The van der Waals surface area contributed by atoms with Gasteiger partial charge in [0, 0.05) is 23.6 Å². The first-order valence-corrected chi connectivity index (χ1v) is 6.85. The third-order valence-electron chi connectivity index (χ3n) is 3.47. The van der Waals surface area contributed by atoms with E-state index in [0.717, 1.165) is 22.7 Å². The Morgan fingerprint density at radius 2 is 2.05 bits per heavy atom. The Morgan fingerprint density at radius 3 is 2.60 bits per heavy atom. The second kappa shape index (κ2) is 5.67. The number of aromatic nitrogens is 2. The van der Waals surface area contributed by atoms with Crippen LogP contribution in [0.4, 0.5) is 0 Å². The molecule has 20 heavy (non-hydrogen) atoms. The number of nitrogens with one attached hydrogen (secondary N) is 1. The van der Waals surface area contributed by atoms with E-state index in [9.17, 15) is 0 Å². The maximum Gasteiger partial charge on any atom is 0.119 e. The van der Waals surface area contributed by atoms with E-state index in [4.69, 9.17) is 10.5 Å². The van der Waals surface area contributed by atoms with Gasteiger partial charge >= 0.3 is 0 Å². The average Bonchev–Trinajstić information content (AvgIpc) is 2.89. The lowest BCUT2D eigenvalue weighted by atomic mass is 9.90. The number of nitrogens with zero attached hydrogens (tertiary/aromatic N) is 1. The van der Waals surface area contributed by atoms with Crippen molar-refractivity contribution < 1.29 is 4.74 Å². The fraction of sp³-hybridized carbons (Fsp3) is 0.438. The van der Waals surface area contributed by atoms with Gasteiger partial charge in [0.05, 0.1) is 12.8 Å². The molecule has 4 heteroatoms.